The van der Waals surface area contributed by atoms with Gasteiger partial charge in [0.15, 0.2) is 0 Å². The van der Waals surface area contributed by atoms with Gasteiger partial charge in [-0.3, -0.25) is 0 Å². The summed E-state index contributed by atoms with van der Waals surface area (Å²) in [6, 6.07) is 2.19. The molecule has 0 spiro atoms. The van der Waals surface area contributed by atoms with E-state index in [4.69, 9.17) is 13.6 Å². The van der Waals surface area contributed by atoms with Crippen molar-refractivity contribution in [3.8, 4) is 0 Å². The fourth-order valence-electron chi connectivity index (χ4n) is 2.51. The van der Waals surface area contributed by atoms with Crippen molar-refractivity contribution < 1.29 is 13.6 Å². The van der Waals surface area contributed by atoms with Gasteiger partial charge in [-0.25, -0.2) is 0 Å². The molecule has 0 amide bonds. The minimum atomic E-state index is -1.98. The molecule has 4 heteroatoms. The van der Waals surface area contributed by atoms with Gasteiger partial charge in [0.25, 0.3) is 0 Å². The SMILES string of the molecule is CCCO[Si](CC)(CCC1(CC)COC1)OCCC. The highest BCUT2D eigenvalue weighted by atomic mass is 28.4. The second-order valence-electron chi connectivity index (χ2n) is 5.81. The van der Waals surface area contributed by atoms with E-state index >= 15 is 0 Å². The van der Waals surface area contributed by atoms with Crippen LogP contribution in [0.3, 0.4) is 0 Å². The van der Waals surface area contributed by atoms with Gasteiger partial charge in [-0.1, -0.05) is 27.7 Å². The Morgan fingerprint density at radius 1 is 1.00 bits per heavy atom. The molecule has 114 valence electrons. The maximum Gasteiger partial charge on any atom is 0.337 e. The first-order chi connectivity index (χ1) is 9.16. The molecule has 1 aliphatic heterocycles. The Morgan fingerprint density at radius 2 is 1.58 bits per heavy atom. The Balaban J connectivity index is 2.55. The summed E-state index contributed by atoms with van der Waals surface area (Å²) in [5, 5.41) is 0. The molecular formula is C15H32O3Si. The van der Waals surface area contributed by atoms with Crippen molar-refractivity contribution >= 4 is 8.56 Å². The Labute approximate surface area is 120 Å². The molecule has 0 bridgehead atoms. The van der Waals surface area contributed by atoms with Crippen LogP contribution in [-0.2, 0) is 13.6 Å². The summed E-state index contributed by atoms with van der Waals surface area (Å²) in [6.07, 6.45) is 4.57. The van der Waals surface area contributed by atoms with Crippen LogP contribution < -0.4 is 0 Å². The highest BCUT2D eigenvalue weighted by molar-refractivity contribution is 6.67. The molecule has 1 saturated heterocycles. The second kappa shape index (κ2) is 8.40. The smallest absolute Gasteiger partial charge is 0.337 e. The van der Waals surface area contributed by atoms with Gasteiger partial charge in [-0.05, 0) is 37.8 Å². The van der Waals surface area contributed by atoms with Crippen molar-refractivity contribution in [2.24, 2.45) is 5.41 Å². The van der Waals surface area contributed by atoms with Gasteiger partial charge in [-0.15, -0.1) is 0 Å². The second-order valence-corrected chi connectivity index (χ2v) is 9.41. The molecule has 3 nitrogen and oxygen atoms in total. The summed E-state index contributed by atoms with van der Waals surface area (Å²) in [7, 11) is -1.98. The highest BCUT2D eigenvalue weighted by Gasteiger charge is 2.42. The van der Waals surface area contributed by atoms with Crippen LogP contribution in [0, 0.1) is 5.41 Å². The zero-order chi connectivity index (χ0) is 14.2. The molecule has 0 N–H and O–H groups in total. The van der Waals surface area contributed by atoms with Crippen molar-refractivity contribution in [2.45, 2.75) is 65.5 Å². The highest BCUT2D eigenvalue weighted by Crippen LogP contribution is 2.39. The summed E-state index contributed by atoms with van der Waals surface area (Å²) in [5.41, 5.74) is 0.415. The van der Waals surface area contributed by atoms with Gasteiger partial charge >= 0.3 is 8.56 Å². The molecule has 0 aromatic carbocycles. The van der Waals surface area contributed by atoms with Crippen molar-refractivity contribution in [3.05, 3.63) is 0 Å². The molecule has 0 aromatic heterocycles. The zero-order valence-corrected chi connectivity index (χ0v) is 14.3. The van der Waals surface area contributed by atoms with Crippen LogP contribution in [0.25, 0.3) is 0 Å². The first-order valence-electron chi connectivity index (χ1n) is 8.01. The molecule has 0 saturated carbocycles. The van der Waals surface area contributed by atoms with Crippen LogP contribution >= 0.6 is 0 Å². The topological polar surface area (TPSA) is 27.7 Å². The van der Waals surface area contributed by atoms with Gasteiger partial charge in [0.05, 0.1) is 13.2 Å². The molecule has 1 rings (SSSR count). The van der Waals surface area contributed by atoms with Gasteiger partial charge in [-0.2, -0.15) is 0 Å². The maximum absolute atomic E-state index is 6.21. The van der Waals surface area contributed by atoms with Crippen LogP contribution in [0.2, 0.25) is 12.1 Å². The summed E-state index contributed by atoms with van der Waals surface area (Å²) in [4.78, 5) is 0. The molecule has 19 heavy (non-hydrogen) atoms. The third kappa shape index (κ3) is 4.85. The van der Waals surface area contributed by atoms with E-state index in [0.29, 0.717) is 5.41 Å². The predicted molar refractivity (Wildman–Crippen MR) is 81.7 cm³/mol. The lowest BCUT2D eigenvalue weighted by Crippen LogP contribution is -2.47. The lowest BCUT2D eigenvalue weighted by molar-refractivity contribution is -0.117. The molecule has 0 aliphatic carbocycles. The largest absolute Gasteiger partial charge is 0.394 e. The lowest BCUT2D eigenvalue weighted by atomic mass is 9.81. The minimum absolute atomic E-state index is 0.415. The first-order valence-corrected chi connectivity index (χ1v) is 10.2. The van der Waals surface area contributed by atoms with Crippen molar-refractivity contribution in [2.75, 3.05) is 26.4 Å². The van der Waals surface area contributed by atoms with Crippen molar-refractivity contribution in [1.82, 2.24) is 0 Å². The Morgan fingerprint density at radius 3 is 1.89 bits per heavy atom. The third-order valence-corrected chi connectivity index (χ3v) is 7.83. The van der Waals surface area contributed by atoms with Gasteiger partial charge in [0, 0.05) is 18.6 Å². The molecule has 0 radical (unpaired) electrons. The van der Waals surface area contributed by atoms with E-state index < -0.39 is 8.56 Å². The number of rotatable bonds is 11. The standard InChI is InChI=1S/C15H32O3Si/c1-5-10-17-19(8-4,18-11-6-2)12-9-15(7-3)13-16-14-15/h5-14H2,1-4H3. The molecular weight excluding hydrogens is 256 g/mol. The Kier molecular flexibility index (Phi) is 7.58. The molecule has 1 fully saturated rings. The molecule has 0 atom stereocenters. The summed E-state index contributed by atoms with van der Waals surface area (Å²) >= 11 is 0. The van der Waals surface area contributed by atoms with Crippen LogP contribution in [0.5, 0.6) is 0 Å². The van der Waals surface area contributed by atoms with Crippen LogP contribution in [-0.4, -0.2) is 35.0 Å². The van der Waals surface area contributed by atoms with E-state index in [1.165, 1.54) is 12.8 Å². The average Bonchev–Trinajstić information content (AvgIpc) is 2.40. The van der Waals surface area contributed by atoms with Crippen LogP contribution in [0.15, 0.2) is 0 Å². The molecule has 1 aliphatic rings. The first kappa shape index (κ1) is 17.1. The predicted octanol–water partition coefficient (Wildman–Crippen LogP) is 4.12. The zero-order valence-electron chi connectivity index (χ0n) is 13.3. The number of ether oxygens (including phenoxy) is 1. The third-order valence-electron chi connectivity index (χ3n) is 4.28. The lowest BCUT2D eigenvalue weighted by Gasteiger charge is -2.43. The normalized spacial score (nSPS) is 18.3. The van der Waals surface area contributed by atoms with Crippen molar-refractivity contribution in [3.63, 3.8) is 0 Å². The Bertz CT molecular complexity index is 228. The molecule has 1 heterocycles. The van der Waals surface area contributed by atoms with Gasteiger partial charge < -0.3 is 13.6 Å². The van der Waals surface area contributed by atoms with Crippen molar-refractivity contribution in [1.29, 1.82) is 0 Å². The van der Waals surface area contributed by atoms with E-state index in [1.807, 2.05) is 0 Å². The molecule has 0 aromatic rings. The average molecular weight is 289 g/mol. The summed E-state index contributed by atoms with van der Waals surface area (Å²) in [5.74, 6) is 0. The van der Waals surface area contributed by atoms with E-state index in [1.54, 1.807) is 0 Å². The number of hydrogen-bond acceptors (Lipinski definition) is 3. The molecule has 0 unspecified atom stereocenters. The summed E-state index contributed by atoms with van der Waals surface area (Å²) in [6.45, 7) is 12.4. The Hall–Kier alpha value is 0.0969. The van der Waals surface area contributed by atoms with E-state index in [0.717, 1.165) is 51.4 Å². The van der Waals surface area contributed by atoms with E-state index in [-0.39, 0.29) is 0 Å². The summed E-state index contributed by atoms with van der Waals surface area (Å²) < 4.78 is 17.9. The van der Waals surface area contributed by atoms with Crippen LogP contribution in [0.4, 0.5) is 0 Å². The fraction of sp³-hybridized carbons (Fsp3) is 1.00. The number of hydrogen-bond donors (Lipinski definition) is 0. The monoisotopic (exact) mass is 288 g/mol. The van der Waals surface area contributed by atoms with Gasteiger partial charge in [0.2, 0.25) is 0 Å². The minimum Gasteiger partial charge on any atom is -0.394 e. The van der Waals surface area contributed by atoms with Crippen LogP contribution in [0.1, 0.15) is 53.4 Å². The quantitative estimate of drug-likeness (QED) is 0.535. The van der Waals surface area contributed by atoms with E-state index in [2.05, 4.69) is 27.7 Å². The fourth-order valence-corrected chi connectivity index (χ4v) is 5.71. The van der Waals surface area contributed by atoms with E-state index in [9.17, 15) is 0 Å². The van der Waals surface area contributed by atoms with Gasteiger partial charge in [0.1, 0.15) is 0 Å². The maximum atomic E-state index is 6.21.